The quantitative estimate of drug-likeness (QED) is 0.0982. The van der Waals surface area contributed by atoms with Gasteiger partial charge in [0.05, 0.1) is 34.9 Å². The number of nitrogens with zero attached hydrogens (tertiary/aromatic N) is 3. The Morgan fingerprint density at radius 2 is 1.66 bits per heavy atom. The molecule has 5 amide bonds. The number of amides is 5. The number of benzene rings is 3. The van der Waals surface area contributed by atoms with Gasteiger partial charge in [-0.15, -0.1) is 0 Å². The molecule has 3 heterocycles. The standard InChI is InChI=1S/C47H50N6O8/c1-46(2)44(47(3,4)45(46)61-37-17-11-29(25-48)39-34(37)8-7-20-50-39)52-40(55)28-9-12-30(13-10-28)59-21-6-5-19-49-26-27-22-32(23-27)60-31-14-15-33-35(24-31)43(58)53(42(33)57)36-16-18-38(54)51-41(36)56/h7-15,17,20,24,27,32,36,44-45,49H,5-6,16,18-19,21-23,26H2,1-4H3,(H,52,55)(H,51,54,56). The van der Waals surface area contributed by atoms with E-state index in [2.05, 4.69) is 54.7 Å². The maximum Gasteiger partial charge on any atom is 0.262 e. The van der Waals surface area contributed by atoms with E-state index in [1.165, 1.54) is 0 Å². The predicted octanol–water partition coefficient (Wildman–Crippen LogP) is 5.73. The number of aromatic nitrogens is 1. The molecule has 1 saturated heterocycles. The molecule has 0 radical (unpaired) electrons. The molecule has 14 nitrogen and oxygen atoms in total. The van der Waals surface area contributed by atoms with Crippen molar-refractivity contribution >= 4 is 40.4 Å². The van der Waals surface area contributed by atoms with E-state index in [0.29, 0.717) is 46.4 Å². The summed E-state index contributed by atoms with van der Waals surface area (Å²) in [7, 11) is 0. The van der Waals surface area contributed by atoms with Gasteiger partial charge in [-0.2, -0.15) is 5.26 Å². The molecule has 14 heteroatoms. The summed E-state index contributed by atoms with van der Waals surface area (Å²) >= 11 is 0. The van der Waals surface area contributed by atoms with Crippen molar-refractivity contribution in [2.45, 2.75) is 90.5 Å². The number of nitriles is 1. The summed E-state index contributed by atoms with van der Waals surface area (Å²) in [5.41, 5.74) is 1.35. The molecule has 4 aliphatic rings. The third kappa shape index (κ3) is 8.02. The van der Waals surface area contributed by atoms with Crippen molar-refractivity contribution in [2.75, 3.05) is 19.7 Å². The summed E-state index contributed by atoms with van der Waals surface area (Å²) in [4.78, 5) is 68.8. The molecule has 0 bridgehead atoms. The molecule has 316 valence electrons. The van der Waals surface area contributed by atoms with Crippen LogP contribution in [0.4, 0.5) is 0 Å². The van der Waals surface area contributed by atoms with Crippen molar-refractivity contribution in [1.82, 2.24) is 25.8 Å². The molecular weight excluding hydrogens is 777 g/mol. The van der Waals surface area contributed by atoms with Gasteiger partial charge in [0.25, 0.3) is 17.7 Å². The number of ether oxygens (including phenoxy) is 3. The minimum absolute atomic E-state index is 0.0126. The molecule has 1 unspecified atom stereocenters. The minimum Gasteiger partial charge on any atom is -0.494 e. The van der Waals surface area contributed by atoms with Crippen molar-refractivity contribution in [3.63, 3.8) is 0 Å². The number of carbonyl (C=O) groups excluding carboxylic acids is 5. The average molecular weight is 827 g/mol. The Morgan fingerprint density at radius 3 is 2.39 bits per heavy atom. The van der Waals surface area contributed by atoms with E-state index in [1.54, 1.807) is 42.6 Å². The molecule has 3 fully saturated rings. The summed E-state index contributed by atoms with van der Waals surface area (Å²) in [5.74, 6) is 0.0754. The Hall–Kier alpha value is -6.33. The van der Waals surface area contributed by atoms with Crippen molar-refractivity contribution in [3.8, 4) is 23.3 Å². The number of hydrogen-bond donors (Lipinski definition) is 3. The Bertz CT molecular complexity index is 2420. The summed E-state index contributed by atoms with van der Waals surface area (Å²) in [6.07, 6.45) is 5.23. The fraction of sp³-hybridized carbons (Fsp3) is 0.426. The van der Waals surface area contributed by atoms with E-state index in [9.17, 15) is 29.2 Å². The number of piperidine rings is 1. The average Bonchev–Trinajstić information content (AvgIpc) is 3.47. The number of hydrogen-bond acceptors (Lipinski definition) is 11. The molecule has 3 N–H and O–H groups in total. The van der Waals surface area contributed by atoms with Gasteiger partial charge >= 0.3 is 0 Å². The highest BCUT2D eigenvalue weighted by molar-refractivity contribution is 6.23. The minimum atomic E-state index is -0.999. The lowest BCUT2D eigenvalue weighted by Gasteiger charge is -2.63. The van der Waals surface area contributed by atoms with E-state index in [-0.39, 0.29) is 59.0 Å². The lowest BCUT2D eigenvalue weighted by atomic mass is 9.49. The molecule has 2 aliphatic heterocycles. The highest BCUT2D eigenvalue weighted by Crippen LogP contribution is 2.56. The van der Waals surface area contributed by atoms with Crippen molar-refractivity contribution in [1.29, 1.82) is 5.26 Å². The van der Waals surface area contributed by atoms with Crippen LogP contribution in [0.1, 0.15) is 103 Å². The molecule has 2 aliphatic carbocycles. The SMILES string of the molecule is CC1(C)C(NC(=O)c2ccc(OCCCCNCC3CC(Oc4ccc5c(c4)C(=O)N(C4CCC(=O)NC4=O)C5=O)C3)cc2)C(C)(C)C1Oc1ccc(C#N)c2ncccc12. The van der Waals surface area contributed by atoms with Crippen LogP contribution >= 0.6 is 0 Å². The van der Waals surface area contributed by atoms with Crippen LogP contribution in [0.5, 0.6) is 17.2 Å². The number of pyridine rings is 1. The first-order valence-electron chi connectivity index (χ1n) is 21.0. The highest BCUT2D eigenvalue weighted by Gasteiger charge is 2.64. The lowest BCUT2D eigenvalue weighted by Crippen LogP contribution is -2.74. The number of rotatable bonds is 15. The topological polar surface area (TPSA) is 189 Å². The lowest BCUT2D eigenvalue weighted by molar-refractivity contribution is -0.163. The van der Waals surface area contributed by atoms with Gasteiger partial charge in [-0.1, -0.05) is 27.7 Å². The van der Waals surface area contributed by atoms with E-state index >= 15 is 0 Å². The smallest absolute Gasteiger partial charge is 0.262 e. The highest BCUT2D eigenvalue weighted by atomic mass is 16.5. The van der Waals surface area contributed by atoms with E-state index in [1.807, 2.05) is 30.3 Å². The summed E-state index contributed by atoms with van der Waals surface area (Å²) < 4.78 is 18.7. The number of fused-ring (bicyclic) bond motifs is 2. The third-order valence-electron chi connectivity index (χ3n) is 12.7. The summed E-state index contributed by atoms with van der Waals surface area (Å²) in [5, 5.41) is 19.3. The van der Waals surface area contributed by atoms with Gasteiger partial charge in [-0.25, -0.2) is 0 Å². The predicted molar refractivity (Wildman–Crippen MR) is 224 cm³/mol. The maximum atomic E-state index is 13.4. The van der Waals surface area contributed by atoms with Crippen LogP contribution in [0.3, 0.4) is 0 Å². The molecule has 3 aromatic carbocycles. The molecule has 0 spiro atoms. The zero-order chi connectivity index (χ0) is 43.1. The van der Waals surface area contributed by atoms with Crippen LogP contribution in [-0.4, -0.2) is 83.4 Å². The third-order valence-corrected chi connectivity index (χ3v) is 12.7. The Kier molecular flexibility index (Phi) is 11.3. The first-order valence-corrected chi connectivity index (χ1v) is 21.0. The zero-order valence-electron chi connectivity index (χ0n) is 34.8. The van der Waals surface area contributed by atoms with Gasteiger partial charge in [0.2, 0.25) is 11.8 Å². The van der Waals surface area contributed by atoms with Crippen LogP contribution in [0.15, 0.2) is 72.9 Å². The Labute approximate surface area is 354 Å². The van der Waals surface area contributed by atoms with Crippen LogP contribution in [-0.2, 0) is 9.59 Å². The van der Waals surface area contributed by atoms with Gasteiger partial charge < -0.3 is 24.8 Å². The number of carbonyl (C=O) groups is 5. The maximum absolute atomic E-state index is 13.4. The summed E-state index contributed by atoms with van der Waals surface area (Å²) in [6.45, 7) is 10.7. The van der Waals surface area contributed by atoms with Crippen LogP contribution in [0, 0.1) is 28.1 Å². The normalized spacial score (nSPS) is 23.6. The second-order valence-electron chi connectivity index (χ2n) is 17.7. The Morgan fingerprint density at radius 1 is 0.918 bits per heavy atom. The monoisotopic (exact) mass is 826 g/mol. The molecular formula is C47H50N6O8. The molecule has 1 aromatic heterocycles. The fourth-order valence-corrected chi connectivity index (χ4v) is 9.68. The first-order chi connectivity index (χ1) is 29.3. The van der Waals surface area contributed by atoms with Crippen molar-refractivity contribution < 1.29 is 38.2 Å². The van der Waals surface area contributed by atoms with Crippen LogP contribution < -0.4 is 30.2 Å². The Balaban J connectivity index is 0.716. The number of nitrogens with one attached hydrogen (secondary N) is 3. The number of imide groups is 2. The van der Waals surface area contributed by atoms with Gasteiger partial charge in [-0.3, -0.25) is 39.2 Å². The summed E-state index contributed by atoms with van der Waals surface area (Å²) in [6, 6.07) is 20.4. The van der Waals surface area contributed by atoms with E-state index in [0.717, 1.165) is 49.1 Å². The van der Waals surface area contributed by atoms with Gasteiger partial charge in [0.1, 0.15) is 35.5 Å². The largest absolute Gasteiger partial charge is 0.494 e. The van der Waals surface area contributed by atoms with Crippen LogP contribution in [0.25, 0.3) is 10.9 Å². The van der Waals surface area contributed by atoms with Gasteiger partial charge in [0.15, 0.2) is 0 Å². The van der Waals surface area contributed by atoms with Crippen molar-refractivity contribution in [3.05, 3.63) is 95.2 Å². The number of unbranched alkanes of at least 4 members (excludes halogenated alkanes) is 1. The zero-order valence-corrected chi connectivity index (χ0v) is 34.8. The van der Waals surface area contributed by atoms with Crippen molar-refractivity contribution in [2.24, 2.45) is 16.7 Å². The van der Waals surface area contributed by atoms with Gasteiger partial charge in [-0.05, 0) is 118 Å². The second kappa shape index (κ2) is 16.6. The first kappa shape index (κ1) is 41.4. The van der Waals surface area contributed by atoms with E-state index in [4.69, 9.17) is 14.2 Å². The molecule has 8 rings (SSSR count). The molecule has 2 saturated carbocycles. The molecule has 4 aromatic rings. The second-order valence-corrected chi connectivity index (χ2v) is 17.7. The molecule has 61 heavy (non-hydrogen) atoms. The van der Waals surface area contributed by atoms with Gasteiger partial charge in [0, 0.05) is 40.4 Å². The molecule has 1 atom stereocenters. The van der Waals surface area contributed by atoms with E-state index < -0.39 is 29.7 Å². The van der Waals surface area contributed by atoms with Crippen LogP contribution in [0.2, 0.25) is 0 Å². The fourth-order valence-electron chi connectivity index (χ4n) is 9.68.